The van der Waals surface area contributed by atoms with Crippen molar-refractivity contribution in [2.24, 2.45) is 0 Å². The Morgan fingerprint density at radius 1 is 1.07 bits per heavy atom. The maximum Gasteiger partial charge on any atom is 0.258 e. The third-order valence-corrected chi connectivity index (χ3v) is 13.6. The van der Waals surface area contributed by atoms with Gasteiger partial charge in [-0.2, -0.15) is 11.8 Å². The van der Waals surface area contributed by atoms with Crippen molar-refractivity contribution < 1.29 is 28.3 Å². The normalized spacial score (nSPS) is 19.3. The van der Waals surface area contributed by atoms with Gasteiger partial charge in [-0.25, -0.2) is 9.37 Å². The molecule has 2 aliphatic heterocycles. The first-order valence-corrected chi connectivity index (χ1v) is 21.3. The molecule has 302 valence electrons. The molecule has 15 heteroatoms. The Kier molecular flexibility index (Phi) is 13.0. The lowest BCUT2D eigenvalue weighted by Crippen LogP contribution is -2.61. The summed E-state index contributed by atoms with van der Waals surface area (Å²) in [4.78, 5) is 65.5. The topological polar surface area (TPSA) is 150 Å². The van der Waals surface area contributed by atoms with Crippen LogP contribution >= 0.6 is 23.1 Å². The molecule has 3 atom stereocenters. The number of hydrogen-bond acceptors (Lipinski definition) is 10. The van der Waals surface area contributed by atoms with E-state index in [9.17, 15) is 19.2 Å². The van der Waals surface area contributed by atoms with Gasteiger partial charge in [-0.15, -0.1) is 11.3 Å². The summed E-state index contributed by atoms with van der Waals surface area (Å²) in [6.45, 7) is 11.5. The quantitative estimate of drug-likeness (QED) is 0.139. The predicted molar refractivity (Wildman–Crippen MR) is 219 cm³/mol. The van der Waals surface area contributed by atoms with Crippen LogP contribution in [0.5, 0.6) is 5.75 Å². The second-order valence-electron chi connectivity index (χ2n) is 15.6. The largest absolute Gasteiger partial charge is 0.495 e. The number of nitrogens with one attached hydrogen (secondary N) is 2. The number of thioether (sulfide) groups is 1. The molecular weight excluding hydrogens is 754 g/mol. The maximum absolute atomic E-state index is 15.0. The highest BCUT2D eigenvalue weighted by Gasteiger charge is 2.53. The van der Waals surface area contributed by atoms with Crippen LogP contribution < -0.4 is 21.1 Å². The number of anilines is 1. The van der Waals surface area contributed by atoms with E-state index in [4.69, 9.17) is 10.5 Å². The van der Waals surface area contributed by atoms with Crippen molar-refractivity contribution in [3.63, 3.8) is 0 Å². The number of likely N-dealkylation sites (tertiary alicyclic amines) is 1. The van der Waals surface area contributed by atoms with Gasteiger partial charge in [0.25, 0.3) is 11.8 Å². The fourth-order valence-electron chi connectivity index (χ4n) is 7.40. The molecular formula is C41H54FN7O5S2. The fraction of sp³-hybridized carbons (Fsp3) is 0.537. The van der Waals surface area contributed by atoms with Gasteiger partial charge < -0.3 is 30.9 Å². The Morgan fingerprint density at radius 2 is 1.79 bits per heavy atom. The third kappa shape index (κ3) is 9.48. The van der Waals surface area contributed by atoms with Crippen LogP contribution in [0.4, 0.5) is 10.1 Å². The molecule has 3 heterocycles. The van der Waals surface area contributed by atoms with E-state index in [1.165, 1.54) is 7.11 Å². The molecule has 3 fully saturated rings. The molecule has 1 saturated carbocycles. The zero-order chi connectivity index (χ0) is 40.2. The molecule has 56 heavy (non-hydrogen) atoms. The van der Waals surface area contributed by atoms with Crippen LogP contribution in [0.3, 0.4) is 0 Å². The van der Waals surface area contributed by atoms with E-state index < -0.39 is 28.4 Å². The van der Waals surface area contributed by atoms with Gasteiger partial charge in [0.1, 0.15) is 17.8 Å². The molecule has 6 rings (SSSR count). The van der Waals surface area contributed by atoms with Crippen molar-refractivity contribution in [1.82, 2.24) is 30.3 Å². The number of thiazole rings is 1. The molecule has 0 unspecified atom stereocenters. The zero-order valence-electron chi connectivity index (χ0n) is 32.9. The summed E-state index contributed by atoms with van der Waals surface area (Å²) in [5, 5.41) is 5.90. The van der Waals surface area contributed by atoms with Gasteiger partial charge in [0.2, 0.25) is 11.8 Å². The Balaban J connectivity index is 1.03. The number of nitrogen functional groups attached to an aromatic ring is 1. The Morgan fingerprint density at radius 3 is 2.43 bits per heavy atom. The summed E-state index contributed by atoms with van der Waals surface area (Å²) in [6.07, 6.45) is 2.24. The SMILES string of the molecule is COc1cc(C(=O)N2CCN(CCCSC(C)(C)[C@H](NC(=O)C3(F)CC3)C(=O)N3CCC[C@H]3C(=O)N[C@@H](C)c3ccc(-c4scnc4C)cc3)CC2)ccc1N. The van der Waals surface area contributed by atoms with Crippen molar-refractivity contribution >= 4 is 52.4 Å². The van der Waals surface area contributed by atoms with E-state index in [1.54, 1.807) is 46.2 Å². The molecule has 0 spiro atoms. The molecule has 3 aromatic rings. The number of hydrogen-bond donors (Lipinski definition) is 3. The summed E-state index contributed by atoms with van der Waals surface area (Å²) in [5.74, 6) is -0.262. The lowest BCUT2D eigenvalue weighted by molar-refractivity contribution is -0.143. The van der Waals surface area contributed by atoms with Crippen molar-refractivity contribution in [2.75, 3.05) is 57.9 Å². The second-order valence-corrected chi connectivity index (χ2v) is 18.2. The van der Waals surface area contributed by atoms with Gasteiger partial charge in [0.15, 0.2) is 5.67 Å². The number of piperazine rings is 1. The summed E-state index contributed by atoms with van der Waals surface area (Å²) >= 11 is 3.15. The number of carbonyl (C=O) groups excluding carboxylic acids is 4. The van der Waals surface area contributed by atoms with Crippen LogP contribution in [0, 0.1) is 6.92 Å². The minimum atomic E-state index is -1.95. The maximum atomic E-state index is 15.0. The smallest absolute Gasteiger partial charge is 0.258 e. The first kappa shape index (κ1) is 41.4. The van der Waals surface area contributed by atoms with Gasteiger partial charge in [-0.05, 0) is 101 Å². The van der Waals surface area contributed by atoms with E-state index in [1.807, 2.05) is 62.4 Å². The molecule has 4 N–H and O–H groups in total. The standard InChI is InChI=1S/C41H54FN7O5S2/c1-26(28-9-11-29(12-10-28)34-27(2)44-25-55-34)45-36(50)32-8-6-18-49(32)38(52)35(46-39(53)41(42)15-16-41)40(3,4)56-23-7-17-47-19-21-48(22-20-47)37(51)30-13-14-31(43)33(24-30)54-5/h9-14,24-26,32,35H,6-8,15-23,43H2,1-5H3,(H,45,50)(H,46,53)/t26-,32-,35+/m0/s1. The number of carbonyl (C=O) groups is 4. The number of ether oxygens (including phenoxy) is 1. The van der Waals surface area contributed by atoms with Crippen LogP contribution in [0.1, 0.15) is 80.5 Å². The lowest BCUT2D eigenvalue weighted by Gasteiger charge is -2.38. The molecule has 0 radical (unpaired) electrons. The van der Waals surface area contributed by atoms with E-state index in [0.29, 0.717) is 55.2 Å². The summed E-state index contributed by atoms with van der Waals surface area (Å²) < 4.78 is 19.5. The molecule has 1 aliphatic carbocycles. The van der Waals surface area contributed by atoms with Crippen LogP contribution in [0.15, 0.2) is 48.0 Å². The van der Waals surface area contributed by atoms with Crippen LogP contribution in [0.2, 0.25) is 0 Å². The molecule has 0 bridgehead atoms. The van der Waals surface area contributed by atoms with Gasteiger partial charge in [0, 0.05) is 43.0 Å². The van der Waals surface area contributed by atoms with E-state index in [0.717, 1.165) is 47.8 Å². The minimum Gasteiger partial charge on any atom is -0.495 e. The number of nitrogens with zero attached hydrogens (tertiary/aromatic N) is 4. The van der Waals surface area contributed by atoms with E-state index in [-0.39, 0.29) is 36.6 Å². The van der Waals surface area contributed by atoms with Crippen LogP contribution in [-0.2, 0) is 14.4 Å². The molecule has 2 saturated heterocycles. The first-order valence-electron chi connectivity index (χ1n) is 19.4. The molecule has 3 aliphatic rings. The zero-order valence-corrected chi connectivity index (χ0v) is 34.6. The molecule has 12 nitrogen and oxygen atoms in total. The van der Waals surface area contributed by atoms with Gasteiger partial charge in [0.05, 0.1) is 34.9 Å². The average Bonchev–Trinajstić information content (AvgIpc) is 3.53. The third-order valence-electron chi connectivity index (χ3n) is 11.2. The van der Waals surface area contributed by atoms with Crippen molar-refractivity contribution in [1.29, 1.82) is 0 Å². The number of amides is 4. The number of rotatable bonds is 15. The Hall–Kier alpha value is -4.21. The molecule has 1 aromatic heterocycles. The number of alkyl halides is 1. The molecule has 4 amide bonds. The number of methoxy groups -OCH3 is 1. The van der Waals surface area contributed by atoms with Gasteiger partial charge in [-0.1, -0.05) is 24.3 Å². The van der Waals surface area contributed by atoms with Gasteiger partial charge in [-0.3, -0.25) is 24.1 Å². The van der Waals surface area contributed by atoms with E-state index in [2.05, 4.69) is 20.5 Å². The average molecular weight is 808 g/mol. The monoisotopic (exact) mass is 807 g/mol. The molecule has 2 aromatic carbocycles. The number of nitrogens with two attached hydrogens (primary N) is 1. The van der Waals surface area contributed by atoms with Crippen molar-refractivity contribution in [2.45, 2.75) is 88.3 Å². The van der Waals surface area contributed by atoms with E-state index >= 15 is 4.39 Å². The highest BCUT2D eigenvalue weighted by molar-refractivity contribution is 8.00. The predicted octanol–water partition coefficient (Wildman–Crippen LogP) is 5.22. The van der Waals surface area contributed by atoms with Crippen LogP contribution in [0.25, 0.3) is 10.4 Å². The summed E-state index contributed by atoms with van der Waals surface area (Å²) in [5.41, 5.74) is 9.80. The van der Waals surface area contributed by atoms with Crippen molar-refractivity contribution in [3.8, 4) is 16.2 Å². The fourth-order valence-corrected chi connectivity index (χ4v) is 9.34. The Bertz CT molecular complexity index is 1890. The van der Waals surface area contributed by atoms with Gasteiger partial charge >= 0.3 is 0 Å². The highest BCUT2D eigenvalue weighted by atomic mass is 32.2. The Labute approximate surface area is 337 Å². The minimum absolute atomic E-state index is 0.0561. The van der Waals surface area contributed by atoms with Crippen LogP contribution in [-0.4, -0.2) is 118 Å². The second kappa shape index (κ2) is 17.5. The summed E-state index contributed by atoms with van der Waals surface area (Å²) in [7, 11) is 1.53. The highest BCUT2D eigenvalue weighted by Crippen LogP contribution is 2.41. The number of aryl methyl sites for hydroxylation is 1. The first-order chi connectivity index (χ1) is 26.7. The number of benzene rings is 2. The number of halogens is 1. The van der Waals surface area contributed by atoms with Crippen molar-refractivity contribution in [3.05, 3.63) is 64.8 Å². The number of aromatic nitrogens is 1. The summed E-state index contributed by atoms with van der Waals surface area (Å²) in [6, 6.07) is 11.1. The lowest BCUT2D eigenvalue weighted by atomic mass is 10.00.